The molecule has 3 aliphatic carbocycles. The zero-order valence-corrected chi connectivity index (χ0v) is 13.1. The van der Waals surface area contributed by atoms with Crippen molar-refractivity contribution in [1.29, 1.82) is 0 Å². The number of methoxy groups -OCH3 is 1. The smallest absolute Gasteiger partial charge is 0.119 e. The van der Waals surface area contributed by atoms with Crippen molar-refractivity contribution >= 4 is 0 Å². The molecular weight excluding hydrogens is 260 g/mol. The lowest BCUT2D eigenvalue weighted by Gasteiger charge is -2.50. The van der Waals surface area contributed by atoms with Crippen LogP contribution in [0.1, 0.15) is 68.6 Å². The third-order valence-electron chi connectivity index (χ3n) is 6.77. The van der Waals surface area contributed by atoms with E-state index in [0.29, 0.717) is 17.3 Å². The van der Waals surface area contributed by atoms with E-state index in [1.165, 1.54) is 37.7 Å². The summed E-state index contributed by atoms with van der Waals surface area (Å²) in [4.78, 5) is 0. The van der Waals surface area contributed by atoms with Gasteiger partial charge in [-0.25, -0.2) is 0 Å². The Morgan fingerprint density at radius 2 is 2.05 bits per heavy atom. The molecule has 5 atom stereocenters. The molecule has 2 saturated carbocycles. The van der Waals surface area contributed by atoms with Crippen LogP contribution in [0.3, 0.4) is 0 Å². The van der Waals surface area contributed by atoms with Gasteiger partial charge in [0.1, 0.15) is 5.75 Å². The molecule has 2 nitrogen and oxygen atoms in total. The molecule has 0 aliphatic heterocycles. The van der Waals surface area contributed by atoms with Crippen LogP contribution >= 0.6 is 0 Å². The second-order valence-electron chi connectivity index (χ2n) is 7.71. The van der Waals surface area contributed by atoms with Gasteiger partial charge in [0, 0.05) is 0 Å². The minimum atomic E-state index is -0.306. The number of aliphatic hydroxyl groups excluding tert-OH is 1. The Hall–Kier alpha value is -1.02. The standard InChI is InChI=1S/C19H26O2/c1-19-8-3-4-17(19)15-11-18(20)16-10-12(21-2)5-6-13(16)14(15)7-9-19/h5-6,10,14-15,17-18,20H,3-4,7-9,11H2,1-2H3/t14-,15-,17+,18-,19+/m1/s1. The van der Waals surface area contributed by atoms with Crippen LogP contribution in [-0.2, 0) is 0 Å². The van der Waals surface area contributed by atoms with Gasteiger partial charge in [0.15, 0.2) is 0 Å². The van der Waals surface area contributed by atoms with E-state index in [4.69, 9.17) is 4.74 Å². The number of benzene rings is 1. The van der Waals surface area contributed by atoms with Crippen LogP contribution in [-0.4, -0.2) is 12.2 Å². The molecule has 2 heteroatoms. The van der Waals surface area contributed by atoms with Gasteiger partial charge in [0.05, 0.1) is 13.2 Å². The molecule has 0 amide bonds. The fourth-order valence-corrected chi connectivity index (χ4v) is 5.69. The normalized spacial score (nSPS) is 41.1. The number of hydrogen-bond donors (Lipinski definition) is 1. The third-order valence-corrected chi connectivity index (χ3v) is 6.77. The van der Waals surface area contributed by atoms with E-state index in [2.05, 4.69) is 25.1 Å². The predicted molar refractivity (Wildman–Crippen MR) is 83.5 cm³/mol. The van der Waals surface area contributed by atoms with E-state index < -0.39 is 0 Å². The zero-order valence-electron chi connectivity index (χ0n) is 13.1. The first-order chi connectivity index (χ1) is 10.1. The molecule has 3 aliphatic rings. The maximum atomic E-state index is 10.7. The highest BCUT2D eigenvalue weighted by molar-refractivity contribution is 5.42. The van der Waals surface area contributed by atoms with Crippen LogP contribution in [0.2, 0.25) is 0 Å². The first-order valence-corrected chi connectivity index (χ1v) is 8.48. The minimum absolute atomic E-state index is 0.306. The van der Waals surface area contributed by atoms with Gasteiger partial charge in [-0.1, -0.05) is 19.4 Å². The minimum Gasteiger partial charge on any atom is -0.497 e. The van der Waals surface area contributed by atoms with Gasteiger partial charge in [-0.2, -0.15) is 0 Å². The van der Waals surface area contributed by atoms with Gasteiger partial charge in [-0.3, -0.25) is 0 Å². The second-order valence-corrected chi connectivity index (χ2v) is 7.71. The van der Waals surface area contributed by atoms with Crippen molar-refractivity contribution in [3.63, 3.8) is 0 Å². The van der Waals surface area contributed by atoms with Crippen molar-refractivity contribution < 1.29 is 9.84 Å². The molecular formula is C19H26O2. The van der Waals surface area contributed by atoms with Crippen LogP contribution in [0, 0.1) is 17.3 Å². The number of rotatable bonds is 1. The van der Waals surface area contributed by atoms with E-state index in [-0.39, 0.29) is 6.10 Å². The summed E-state index contributed by atoms with van der Waals surface area (Å²) < 4.78 is 5.34. The maximum Gasteiger partial charge on any atom is 0.119 e. The Bertz CT molecular complexity index is 552. The van der Waals surface area contributed by atoms with Gasteiger partial charge in [0.2, 0.25) is 0 Å². The van der Waals surface area contributed by atoms with Gasteiger partial charge in [-0.15, -0.1) is 0 Å². The van der Waals surface area contributed by atoms with Crippen LogP contribution in [0.25, 0.3) is 0 Å². The summed E-state index contributed by atoms with van der Waals surface area (Å²) in [5.41, 5.74) is 3.07. The van der Waals surface area contributed by atoms with E-state index in [1.807, 2.05) is 0 Å². The lowest BCUT2D eigenvalue weighted by Crippen LogP contribution is -2.40. The molecule has 0 radical (unpaired) electrons. The molecule has 0 unspecified atom stereocenters. The quantitative estimate of drug-likeness (QED) is 0.827. The van der Waals surface area contributed by atoms with Crippen molar-refractivity contribution in [2.75, 3.05) is 7.11 Å². The molecule has 0 heterocycles. The van der Waals surface area contributed by atoms with E-state index in [1.54, 1.807) is 7.11 Å². The lowest BCUT2D eigenvalue weighted by atomic mass is 9.55. The lowest BCUT2D eigenvalue weighted by molar-refractivity contribution is 0.0180. The highest BCUT2D eigenvalue weighted by Crippen LogP contribution is 2.62. The first kappa shape index (κ1) is 13.6. The van der Waals surface area contributed by atoms with Gasteiger partial charge in [-0.05, 0) is 78.5 Å². The Morgan fingerprint density at radius 1 is 1.19 bits per heavy atom. The molecule has 0 bridgehead atoms. The highest BCUT2D eigenvalue weighted by atomic mass is 16.5. The maximum absolute atomic E-state index is 10.7. The average molecular weight is 286 g/mol. The fraction of sp³-hybridized carbons (Fsp3) is 0.684. The summed E-state index contributed by atoms with van der Waals surface area (Å²) in [6, 6.07) is 6.33. The highest BCUT2D eigenvalue weighted by Gasteiger charge is 2.51. The average Bonchev–Trinajstić information content (AvgIpc) is 2.89. The monoisotopic (exact) mass is 286 g/mol. The topological polar surface area (TPSA) is 29.5 Å². The van der Waals surface area contributed by atoms with Crippen LogP contribution < -0.4 is 4.74 Å². The number of hydrogen-bond acceptors (Lipinski definition) is 2. The van der Waals surface area contributed by atoms with Crippen LogP contribution in [0.15, 0.2) is 18.2 Å². The third kappa shape index (κ3) is 1.95. The molecule has 2 fully saturated rings. The number of aliphatic hydroxyl groups is 1. The molecule has 4 rings (SSSR count). The molecule has 1 N–H and O–H groups in total. The van der Waals surface area contributed by atoms with Gasteiger partial charge >= 0.3 is 0 Å². The second kappa shape index (κ2) is 4.74. The molecule has 0 aromatic heterocycles. The first-order valence-electron chi connectivity index (χ1n) is 8.48. The van der Waals surface area contributed by atoms with E-state index in [0.717, 1.165) is 23.7 Å². The van der Waals surface area contributed by atoms with Gasteiger partial charge < -0.3 is 9.84 Å². The Kier molecular flexibility index (Phi) is 3.08. The van der Waals surface area contributed by atoms with E-state index in [9.17, 15) is 5.11 Å². The molecule has 114 valence electrons. The Morgan fingerprint density at radius 3 is 2.86 bits per heavy atom. The van der Waals surface area contributed by atoms with Crippen LogP contribution in [0.5, 0.6) is 5.75 Å². The van der Waals surface area contributed by atoms with Crippen molar-refractivity contribution in [2.24, 2.45) is 17.3 Å². The number of fused-ring (bicyclic) bond motifs is 5. The SMILES string of the molecule is COc1ccc2c(c1)[C@H](O)C[C@@H]1[C@@H]2CC[C@]2(C)CCC[C@@H]12. The van der Waals surface area contributed by atoms with Crippen molar-refractivity contribution in [3.05, 3.63) is 29.3 Å². The molecule has 1 aromatic carbocycles. The largest absolute Gasteiger partial charge is 0.497 e. The summed E-state index contributed by atoms with van der Waals surface area (Å²) >= 11 is 0. The molecule has 21 heavy (non-hydrogen) atoms. The molecule has 1 aromatic rings. The summed E-state index contributed by atoms with van der Waals surface area (Å²) in [5, 5.41) is 10.7. The summed E-state index contributed by atoms with van der Waals surface area (Å²) in [7, 11) is 1.70. The Labute approximate surface area is 127 Å². The van der Waals surface area contributed by atoms with E-state index >= 15 is 0 Å². The van der Waals surface area contributed by atoms with Crippen molar-refractivity contribution in [1.82, 2.24) is 0 Å². The summed E-state index contributed by atoms with van der Waals surface area (Å²) in [5.74, 6) is 3.03. The van der Waals surface area contributed by atoms with Gasteiger partial charge in [0.25, 0.3) is 0 Å². The Balaban J connectivity index is 1.74. The zero-order chi connectivity index (χ0) is 14.6. The van der Waals surface area contributed by atoms with Crippen LogP contribution in [0.4, 0.5) is 0 Å². The summed E-state index contributed by atoms with van der Waals surface area (Å²) in [6.45, 7) is 2.50. The predicted octanol–water partition coefficient (Wildman–Crippen LogP) is 4.43. The van der Waals surface area contributed by atoms with Crippen molar-refractivity contribution in [3.8, 4) is 5.75 Å². The fourth-order valence-electron chi connectivity index (χ4n) is 5.69. The molecule has 0 saturated heterocycles. The summed E-state index contributed by atoms with van der Waals surface area (Å²) in [6.07, 6.45) is 7.45. The molecule has 0 spiro atoms. The number of ether oxygens (including phenoxy) is 1. The van der Waals surface area contributed by atoms with Crippen molar-refractivity contribution in [2.45, 2.75) is 57.5 Å².